The molecule has 200 valence electrons. The molecule has 5 rings (SSSR count). The van der Waals surface area contributed by atoms with E-state index in [-0.39, 0.29) is 6.10 Å². The summed E-state index contributed by atoms with van der Waals surface area (Å²) >= 11 is 0. The van der Waals surface area contributed by atoms with E-state index in [0.717, 1.165) is 56.0 Å². The maximum Gasteiger partial charge on any atom is 0.224 e. The monoisotopic (exact) mass is 496 g/mol. The minimum absolute atomic E-state index is 0.141. The first-order chi connectivity index (χ1) is 17.5. The number of hydrogen-bond acceptors (Lipinski definition) is 6. The molecule has 2 aromatic heterocycles. The van der Waals surface area contributed by atoms with Gasteiger partial charge in [0.15, 0.2) is 0 Å². The fourth-order valence-corrected chi connectivity index (χ4v) is 6.83. The van der Waals surface area contributed by atoms with Crippen LogP contribution in [0.3, 0.4) is 0 Å². The molecule has 3 fully saturated rings. The predicted molar refractivity (Wildman–Crippen MR) is 148 cm³/mol. The van der Waals surface area contributed by atoms with Crippen molar-refractivity contribution in [3.05, 3.63) is 18.0 Å². The number of rotatable bonds is 8. The number of anilines is 1. The molecule has 0 amide bonds. The van der Waals surface area contributed by atoms with Gasteiger partial charge in [0.1, 0.15) is 5.65 Å². The fraction of sp³-hybridized carbons (Fsp3) is 0.793. The molecule has 7 nitrogen and oxygen atoms in total. The van der Waals surface area contributed by atoms with Crippen LogP contribution >= 0.6 is 0 Å². The highest BCUT2D eigenvalue weighted by atomic mass is 16.3. The minimum Gasteiger partial charge on any atom is -0.393 e. The van der Waals surface area contributed by atoms with E-state index in [4.69, 9.17) is 9.97 Å². The second kappa shape index (κ2) is 11.8. The van der Waals surface area contributed by atoms with E-state index < -0.39 is 0 Å². The van der Waals surface area contributed by atoms with Gasteiger partial charge >= 0.3 is 0 Å². The molecule has 1 aliphatic carbocycles. The maximum absolute atomic E-state index is 10.1. The van der Waals surface area contributed by atoms with Gasteiger partial charge in [-0.25, -0.2) is 4.98 Å². The third-order valence-corrected chi connectivity index (χ3v) is 9.14. The van der Waals surface area contributed by atoms with Crippen LogP contribution in [-0.2, 0) is 0 Å². The summed E-state index contributed by atoms with van der Waals surface area (Å²) in [4.78, 5) is 15.0. The first kappa shape index (κ1) is 25.9. The zero-order valence-corrected chi connectivity index (χ0v) is 22.8. The Hall–Kier alpha value is -1.70. The zero-order chi connectivity index (χ0) is 25.1. The van der Waals surface area contributed by atoms with Gasteiger partial charge in [0, 0.05) is 36.4 Å². The summed E-state index contributed by atoms with van der Waals surface area (Å²) in [6.07, 6.45) is 15.6. The lowest BCUT2D eigenvalue weighted by atomic mass is 9.88. The predicted octanol–water partition coefficient (Wildman–Crippen LogP) is 5.03. The van der Waals surface area contributed by atoms with E-state index in [9.17, 15) is 5.11 Å². The highest BCUT2D eigenvalue weighted by molar-refractivity contribution is 5.81. The average Bonchev–Trinajstić information content (AvgIpc) is 3.25. The lowest BCUT2D eigenvalue weighted by molar-refractivity contribution is 0.111. The Morgan fingerprint density at radius 3 is 2.44 bits per heavy atom. The number of nitrogens with zero attached hydrogens (tertiary/aromatic N) is 5. The van der Waals surface area contributed by atoms with Gasteiger partial charge in [0.25, 0.3) is 0 Å². The molecule has 2 saturated heterocycles. The molecule has 0 spiro atoms. The third-order valence-electron chi connectivity index (χ3n) is 9.14. The molecule has 4 heterocycles. The Labute approximate surface area is 217 Å². The Balaban J connectivity index is 1.32. The van der Waals surface area contributed by atoms with Crippen molar-refractivity contribution in [2.24, 2.45) is 5.92 Å². The summed E-state index contributed by atoms with van der Waals surface area (Å²) in [7, 11) is 2.25. The highest BCUT2D eigenvalue weighted by Crippen LogP contribution is 2.38. The lowest BCUT2D eigenvalue weighted by Crippen LogP contribution is -2.40. The SMILES string of the molecule is CCC[C@H](C)Nc1ncc2c(C3CCN(CC4CCN(C)CC4)CC3)cn(C3CCC(O)CC3)c2n1. The largest absolute Gasteiger partial charge is 0.393 e. The van der Waals surface area contributed by atoms with E-state index in [1.165, 1.54) is 69.4 Å². The van der Waals surface area contributed by atoms with Crippen molar-refractivity contribution in [2.45, 2.75) is 102 Å². The van der Waals surface area contributed by atoms with Crippen LogP contribution in [0.5, 0.6) is 0 Å². The van der Waals surface area contributed by atoms with Crippen LogP contribution in [0.2, 0.25) is 0 Å². The van der Waals surface area contributed by atoms with E-state index in [2.05, 4.69) is 53.0 Å². The quantitative estimate of drug-likeness (QED) is 0.534. The summed E-state index contributed by atoms with van der Waals surface area (Å²) in [6.45, 7) is 10.6. The van der Waals surface area contributed by atoms with Crippen molar-refractivity contribution in [1.82, 2.24) is 24.3 Å². The second-order valence-corrected chi connectivity index (χ2v) is 12.0. The smallest absolute Gasteiger partial charge is 0.224 e. The number of piperidine rings is 2. The fourth-order valence-electron chi connectivity index (χ4n) is 6.83. The molecule has 36 heavy (non-hydrogen) atoms. The van der Waals surface area contributed by atoms with Gasteiger partial charge in [-0.05, 0) is 115 Å². The molecule has 0 aromatic carbocycles. The summed E-state index contributed by atoms with van der Waals surface area (Å²) in [6, 6.07) is 0.791. The van der Waals surface area contributed by atoms with Crippen LogP contribution in [0.4, 0.5) is 5.95 Å². The second-order valence-electron chi connectivity index (χ2n) is 12.0. The van der Waals surface area contributed by atoms with Crippen molar-refractivity contribution >= 4 is 17.0 Å². The molecule has 0 bridgehead atoms. The van der Waals surface area contributed by atoms with Crippen LogP contribution < -0.4 is 5.32 Å². The van der Waals surface area contributed by atoms with Gasteiger partial charge in [0.2, 0.25) is 5.95 Å². The standard InChI is InChI=1S/C29H48N6O/c1-4-5-21(2)31-29-30-18-26-27(20-35(28(26)32-29)24-6-8-25(36)9-7-24)23-12-16-34(17-13-23)19-22-10-14-33(3)15-11-22/h18,20-25,36H,4-17,19H2,1-3H3,(H,30,31,32)/t21-,24?,25?/m0/s1. The molecule has 2 aliphatic heterocycles. The summed E-state index contributed by atoms with van der Waals surface area (Å²) in [5.41, 5.74) is 2.53. The van der Waals surface area contributed by atoms with Crippen molar-refractivity contribution in [1.29, 1.82) is 0 Å². The van der Waals surface area contributed by atoms with Gasteiger partial charge in [-0.3, -0.25) is 0 Å². The van der Waals surface area contributed by atoms with Crippen molar-refractivity contribution in [3.63, 3.8) is 0 Å². The summed E-state index contributed by atoms with van der Waals surface area (Å²) in [5.74, 6) is 2.20. The van der Waals surface area contributed by atoms with Gasteiger partial charge in [0.05, 0.1) is 6.10 Å². The highest BCUT2D eigenvalue weighted by Gasteiger charge is 2.29. The molecule has 0 radical (unpaired) electrons. The molecule has 2 aromatic rings. The molecule has 1 atom stereocenters. The molecule has 3 aliphatic rings. The van der Waals surface area contributed by atoms with E-state index >= 15 is 0 Å². The number of likely N-dealkylation sites (tertiary alicyclic amines) is 2. The topological polar surface area (TPSA) is 69.5 Å². The lowest BCUT2D eigenvalue weighted by Gasteiger charge is -2.37. The molecule has 7 heteroatoms. The van der Waals surface area contributed by atoms with Gasteiger partial charge in [-0.1, -0.05) is 13.3 Å². The van der Waals surface area contributed by atoms with Crippen LogP contribution in [-0.4, -0.2) is 81.4 Å². The Kier molecular flexibility index (Phi) is 8.49. The van der Waals surface area contributed by atoms with Crippen molar-refractivity contribution < 1.29 is 5.11 Å². The molecular formula is C29H48N6O. The minimum atomic E-state index is -0.141. The van der Waals surface area contributed by atoms with Gasteiger partial charge in [-0.2, -0.15) is 4.98 Å². The molecule has 2 N–H and O–H groups in total. The number of fused-ring (bicyclic) bond motifs is 1. The zero-order valence-electron chi connectivity index (χ0n) is 22.8. The molecule has 0 unspecified atom stereocenters. The molecular weight excluding hydrogens is 448 g/mol. The Morgan fingerprint density at radius 1 is 1.03 bits per heavy atom. The first-order valence-electron chi connectivity index (χ1n) is 14.7. The summed E-state index contributed by atoms with van der Waals surface area (Å²) < 4.78 is 2.44. The van der Waals surface area contributed by atoms with Crippen LogP contribution in [0, 0.1) is 5.92 Å². The first-order valence-corrected chi connectivity index (χ1v) is 14.7. The van der Waals surface area contributed by atoms with Crippen molar-refractivity contribution in [3.8, 4) is 0 Å². The van der Waals surface area contributed by atoms with Gasteiger partial charge in [-0.15, -0.1) is 0 Å². The van der Waals surface area contributed by atoms with E-state index in [0.29, 0.717) is 18.0 Å². The van der Waals surface area contributed by atoms with Crippen molar-refractivity contribution in [2.75, 3.05) is 45.1 Å². The third kappa shape index (κ3) is 6.05. The van der Waals surface area contributed by atoms with Crippen LogP contribution in [0.1, 0.15) is 95.6 Å². The number of aromatic nitrogens is 3. The number of hydrogen-bond donors (Lipinski definition) is 2. The maximum atomic E-state index is 10.1. The Bertz CT molecular complexity index is 968. The summed E-state index contributed by atoms with van der Waals surface area (Å²) in [5, 5.41) is 14.9. The van der Waals surface area contributed by atoms with E-state index in [1.54, 1.807) is 0 Å². The number of aliphatic hydroxyl groups excluding tert-OH is 1. The normalized spacial score (nSPS) is 26.4. The molecule has 1 saturated carbocycles. The van der Waals surface area contributed by atoms with E-state index in [1.807, 2.05) is 0 Å². The van der Waals surface area contributed by atoms with Crippen LogP contribution in [0.25, 0.3) is 11.0 Å². The number of aliphatic hydroxyl groups is 1. The van der Waals surface area contributed by atoms with Gasteiger partial charge < -0.3 is 24.8 Å². The number of nitrogens with one attached hydrogen (secondary N) is 1. The van der Waals surface area contributed by atoms with Crippen LogP contribution in [0.15, 0.2) is 12.4 Å². The Morgan fingerprint density at radius 2 is 1.75 bits per heavy atom. The average molecular weight is 497 g/mol.